The highest BCUT2D eigenvalue weighted by atomic mass is 16.6. The van der Waals surface area contributed by atoms with Crippen molar-refractivity contribution in [3.8, 4) is 23.1 Å². The second-order valence-electron chi connectivity index (χ2n) is 7.93. The Morgan fingerprint density at radius 2 is 1.97 bits per heavy atom. The van der Waals surface area contributed by atoms with Crippen molar-refractivity contribution in [2.24, 2.45) is 5.10 Å². The summed E-state index contributed by atoms with van der Waals surface area (Å²) in [6.07, 6.45) is 1.19. The predicted octanol–water partition coefficient (Wildman–Crippen LogP) is 3.67. The van der Waals surface area contributed by atoms with E-state index in [4.69, 9.17) is 0 Å². The summed E-state index contributed by atoms with van der Waals surface area (Å²) in [7, 11) is 0. The molecule has 32 heavy (non-hydrogen) atoms. The maximum atomic E-state index is 12.3. The molecular weight excluding hydrogens is 412 g/mol. The van der Waals surface area contributed by atoms with Crippen molar-refractivity contribution in [1.82, 2.24) is 9.97 Å². The Bertz CT molecular complexity index is 1300. The lowest BCUT2D eigenvalue weighted by Crippen LogP contribution is -2.16. The van der Waals surface area contributed by atoms with E-state index in [0.29, 0.717) is 11.1 Å². The van der Waals surface area contributed by atoms with E-state index < -0.39 is 27.3 Å². The van der Waals surface area contributed by atoms with Crippen molar-refractivity contribution < 1.29 is 10.0 Å². The number of nitrogens with one attached hydrogen (secondary N) is 2. The fraction of sp³-hybridized carbons (Fsp3) is 0.182. The molecule has 3 aromatic rings. The van der Waals surface area contributed by atoms with Crippen LogP contribution in [-0.2, 0) is 5.41 Å². The van der Waals surface area contributed by atoms with Gasteiger partial charge in [0.1, 0.15) is 11.6 Å². The lowest BCUT2D eigenvalue weighted by atomic mass is 9.85. The zero-order valence-corrected chi connectivity index (χ0v) is 17.6. The Morgan fingerprint density at radius 1 is 1.28 bits per heavy atom. The van der Waals surface area contributed by atoms with Gasteiger partial charge in [-0.15, -0.1) is 0 Å². The van der Waals surface area contributed by atoms with Crippen LogP contribution in [0.15, 0.2) is 52.4 Å². The van der Waals surface area contributed by atoms with E-state index in [1.807, 2.05) is 26.8 Å². The number of nitro groups is 1. The number of hydrazone groups is 1. The fourth-order valence-electron chi connectivity index (χ4n) is 2.91. The van der Waals surface area contributed by atoms with Gasteiger partial charge in [0, 0.05) is 17.2 Å². The van der Waals surface area contributed by atoms with Gasteiger partial charge in [-0.2, -0.15) is 10.4 Å². The van der Waals surface area contributed by atoms with Gasteiger partial charge in [-0.3, -0.25) is 19.9 Å². The first-order chi connectivity index (χ1) is 15.1. The molecule has 0 spiro atoms. The molecule has 0 aliphatic rings. The number of aromatic amines is 1. The molecule has 0 saturated carbocycles. The van der Waals surface area contributed by atoms with Crippen molar-refractivity contribution in [2.75, 3.05) is 5.43 Å². The number of hydrogen-bond acceptors (Lipinski definition) is 8. The summed E-state index contributed by atoms with van der Waals surface area (Å²) < 4.78 is 0. The van der Waals surface area contributed by atoms with Crippen molar-refractivity contribution >= 4 is 17.9 Å². The number of nitriles is 1. The first-order valence-electron chi connectivity index (χ1n) is 9.52. The van der Waals surface area contributed by atoms with Gasteiger partial charge in [0.15, 0.2) is 0 Å². The highest BCUT2D eigenvalue weighted by Gasteiger charge is 2.23. The number of H-pyrrole nitrogens is 1. The van der Waals surface area contributed by atoms with E-state index >= 15 is 0 Å². The minimum atomic E-state index is -0.666. The minimum Gasteiger partial charge on any atom is -0.502 e. The molecule has 3 N–H and O–H groups in total. The van der Waals surface area contributed by atoms with E-state index in [0.717, 1.165) is 0 Å². The summed E-state index contributed by atoms with van der Waals surface area (Å²) in [5.74, 6) is -0.565. The largest absolute Gasteiger partial charge is 0.502 e. The molecule has 0 fully saturated rings. The molecule has 3 rings (SSSR count). The van der Waals surface area contributed by atoms with Gasteiger partial charge >= 0.3 is 5.69 Å². The van der Waals surface area contributed by atoms with Gasteiger partial charge in [-0.05, 0) is 17.0 Å². The first kappa shape index (κ1) is 22.2. The number of nitrogens with zero attached hydrogens (tertiary/aromatic N) is 4. The lowest BCUT2D eigenvalue weighted by Gasteiger charge is -2.19. The molecule has 0 bridgehead atoms. The molecule has 10 heteroatoms. The predicted molar refractivity (Wildman–Crippen MR) is 120 cm³/mol. The van der Waals surface area contributed by atoms with Crippen LogP contribution in [0.1, 0.15) is 37.5 Å². The average molecular weight is 432 g/mol. The Kier molecular flexibility index (Phi) is 6.02. The summed E-state index contributed by atoms with van der Waals surface area (Å²) >= 11 is 0. The highest BCUT2D eigenvalue weighted by molar-refractivity contribution is 5.86. The molecule has 0 unspecified atom stereocenters. The van der Waals surface area contributed by atoms with Gasteiger partial charge in [-0.25, -0.2) is 10.4 Å². The van der Waals surface area contributed by atoms with Crippen LogP contribution < -0.4 is 11.0 Å². The van der Waals surface area contributed by atoms with E-state index in [1.165, 1.54) is 12.3 Å². The molecular formula is C22H20N6O4. The molecule has 1 aromatic heterocycles. The summed E-state index contributed by atoms with van der Waals surface area (Å²) in [5, 5.41) is 34.9. The normalized spacial score (nSPS) is 11.3. The summed E-state index contributed by atoms with van der Waals surface area (Å²) in [5.41, 5.74) is 2.44. The highest BCUT2D eigenvalue weighted by Crippen LogP contribution is 2.35. The number of phenols is 1. The van der Waals surface area contributed by atoms with E-state index in [1.54, 1.807) is 36.4 Å². The van der Waals surface area contributed by atoms with Crippen LogP contribution in [0.5, 0.6) is 5.75 Å². The smallest absolute Gasteiger partial charge is 0.311 e. The molecule has 0 radical (unpaired) electrons. The molecule has 0 amide bonds. The quantitative estimate of drug-likeness (QED) is 0.315. The number of hydrogen-bond donors (Lipinski definition) is 3. The number of phenolic OH excluding ortho intramolecular Hbond substituents is 1. The zero-order chi connectivity index (χ0) is 23.5. The number of anilines is 1. The summed E-state index contributed by atoms with van der Waals surface area (Å²) in [6, 6.07) is 13.5. The van der Waals surface area contributed by atoms with Crippen molar-refractivity contribution in [3.05, 3.63) is 79.6 Å². The van der Waals surface area contributed by atoms with Gasteiger partial charge in [0.05, 0.1) is 16.8 Å². The number of benzene rings is 2. The SMILES string of the molecule is CC(C)(C)c1cc(C=NNc2nc(-c3ccccc3)c(C#N)c(=O)[nH]2)c(O)c([N+](=O)[O-])c1. The summed E-state index contributed by atoms with van der Waals surface area (Å²) in [6.45, 7) is 5.66. The number of nitro benzene ring substituents is 1. The van der Waals surface area contributed by atoms with E-state index in [-0.39, 0.29) is 22.8 Å². The van der Waals surface area contributed by atoms with Crippen LogP contribution >= 0.6 is 0 Å². The summed E-state index contributed by atoms with van der Waals surface area (Å²) in [4.78, 5) is 29.6. The molecule has 1 heterocycles. The Morgan fingerprint density at radius 3 is 2.56 bits per heavy atom. The van der Waals surface area contributed by atoms with Gasteiger partial charge in [0.2, 0.25) is 11.7 Å². The van der Waals surface area contributed by atoms with E-state index in [2.05, 4.69) is 20.5 Å². The van der Waals surface area contributed by atoms with Crippen LogP contribution in [-0.4, -0.2) is 26.2 Å². The minimum absolute atomic E-state index is 0.0370. The van der Waals surface area contributed by atoms with Crippen LogP contribution in [0.4, 0.5) is 11.6 Å². The molecule has 0 saturated heterocycles. The standard InChI is InChI=1S/C22H20N6O4/c1-22(2,3)15-9-14(19(29)17(10-15)28(31)32)12-24-27-21-25-18(13-7-5-4-6-8-13)16(11-23)20(30)26-21/h4-10,12,29H,1-3H3,(H2,25,26,27,30). The zero-order valence-electron chi connectivity index (χ0n) is 17.6. The second-order valence-corrected chi connectivity index (χ2v) is 7.93. The second kappa shape index (κ2) is 8.69. The Balaban J connectivity index is 1.99. The van der Waals surface area contributed by atoms with Gasteiger partial charge in [0.25, 0.3) is 5.56 Å². The average Bonchev–Trinajstić information content (AvgIpc) is 2.74. The van der Waals surface area contributed by atoms with Crippen LogP contribution in [0.25, 0.3) is 11.3 Å². The Hall–Kier alpha value is -4.52. The molecule has 10 nitrogen and oxygen atoms in total. The van der Waals surface area contributed by atoms with E-state index in [9.17, 15) is 25.3 Å². The van der Waals surface area contributed by atoms with Gasteiger partial charge in [-0.1, -0.05) is 51.1 Å². The van der Waals surface area contributed by atoms with Crippen molar-refractivity contribution in [1.29, 1.82) is 5.26 Å². The third-order valence-corrected chi connectivity index (χ3v) is 4.63. The monoisotopic (exact) mass is 432 g/mol. The number of aromatic nitrogens is 2. The van der Waals surface area contributed by atoms with Crippen LogP contribution in [0, 0.1) is 21.4 Å². The third kappa shape index (κ3) is 4.62. The molecule has 0 atom stereocenters. The van der Waals surface area contributed by atoms with Crippen molar-refractivity contribution in [3.63, 3.8) is 0 Å². The number of rotatable bonds is 5. The lowest BCUT2D eigenvalue weighted by molar-refractivity contribution is -0.386. The van der Waals surface area contributed by atoms with Crippen molar-refractivity contribution in [2.45, 2.75) is 26.2 Å². The van der Waals surface area contributed by atoms with Crippen LogP contribution in [0.2, 0.25) is 0 Å². The molecule has 2 aromatic carbocycles. The maximum absolute atomic E-state index is 12.3. The fourth-order valence-corrected chi connectivity index (χ4v) is 2.91. The third-order valence-electron chi connectivity index (χ3n) is 4.63. The number of aromatic hydroxyl groups is 1. The van der Waals surface area contributed by atoms with Gasteiger partial charge < -0.3 is 5.11 Å². The molecule has 0 aliphatic carbocycles. The Labute approximate surface area is 183 Å². The molecule has 0 aliphatic heterocycles. The van der Waals surface area contributed by atoms with Crippen LogP contribution in [0.3, 0.4) is 0 Å². The first-order valence-corrected chi connectivity index (χ1v) is 9.52. The topological polar surface area (TPSA) is 157 Å². The molecule has 162 valence electrons. The maximum Gasteiger partial charge on any atom is 0.311 e.